The Morgan fingerprint density at radius 2 is 2.00 bits per heavy atom. The molecule has 4 nitrogen and oxygen atoms in total. The Hall–Kier alpha value is -2.54. The molecule has 21 heavy (non-hydrogen) atoms. The Morgan fingerprint density at radius 1 is 1.19 bits per heavy atom. The molecule has 0 atom stereocenters. The minimum Gasteiger partial charge on any atom is -0.439 e. The fraction of sp³-hybridized carbons (Fsp3) is 0.294. The van der Waals surface area contributed by atoms with Crippen LogP contribution in [-0.2, 0) is 6.42 Å². The fourth-order valence-corrected chi connectivity index (χ4v) is 1.91. The normalized spacial score (nSPS) is 9.90. The number of unbranched alkanes of at least 4 members (excludes halogenated alkanes) is 1. The highest BCUT2D eigenvalue weighted by atomic mass is 16.5. The standard InChI is InChI=1S/C17H19N3O/c1-2-3-4-14-5-8-16(9-6-14)21-17-10-7-15(13-20-17)19-12-11-18/h5-10,13,19H,2-4,12H2,1H3. The van der Waals surface area contributed by atoms with Gasteiger partial charge in [0.1, 0.15) is 12.3 Å². The highest BCUT2D eigenvalue weighted by Gasteiger charge is 2.00. The van der Waals surface area contributed by atoms with Gasteiger partial charge in [0.15, 0.2) is 0 Å². The summed E-state index contributed by atoms with van der Waals surface area (Å²) in [6.45, 7) is 2.46. The maximum absolute atomic E-state index is 8.50. The van der Waals surface area contributed by atoms with E-state index in [9.17, 15) is 0 Å². The molecule has 0 aliphatic heterocycles. The number of pyridine rings is 1. The van der Waals surface area contributed by atoms with E-state index in [1.807, 2.05) is 24.3 Å². The minimum atomic E-state index is 0.265. The Morgan fingerprint density at radius 3 is 2.62 bits per heavy atom. The smallest absolute Gasteiger partial charge is 0.219 e. The lowest BCUT2D eigenvalue weighted by atomic mass is 10.1. The van der Waals surface area contributed by atoms with Crippen LogP contribution < -0.4 is 10.1 Å². The van der Waals surface area contributed by atoms with Gasteiger partial charge in [-0.2, -0.15) is 5.26 Å². The van der Waals surface area contributed by atoms with Crippen molar-refractivity contribution in [1.29, 1.82) is 5.26 Å². The number of ether oxygens (including phenoxy) is 1. The van der Waals surface area contributed by atoms with E-state index in [4.69, 9.17) is 10.00 Å². The van der Waals surface area contributed by atoms with Crippen molar-refractivity contribution in [1.82, 2.24) is 4.98 Å². The van der Waals surface area contributed by atoms with Gasteiger partial charge in [0.2, 0.25) is 5.88 Å². The molecule has 2 rings (SSSR count). The molecular formula is C17H19N3O. The molecule has 0 saturated carbocycles. The molecule has 0 spiro atoms. The third-order valence-corrected chi connectivity index (χ3v) is 3.07. The molecule has 108 valence electrons. The molecule has 1 N–H and O–H groups in total. The van der Waals surface area contributed by atoms with Crippen LogP contribution in [0.4, 0.5) is 5.69 Å². The summed E-state index contributed by atoms with van der Waals surface area (Å²) in [5.74, 6) is 1.32. The summed E-state index contributed by atoms with van der Waals surface area (Å²) in [7, 11) is 0. The maximum Gasteiger partial charge on any atom is 0.219 e. The number of aryl methyl sites for hydroxylation is 1. The molecule has 1 aromatic heterocycles. The van der Waals surface area contributed by atoms with Crippen LogP contribution in [0.25, 0.3) is 0 Å². The minimum absolute atomic E-state index is 0.265. The zero-order chi connectivity index (χ0) is 14.9. The van der Waals surface area contributed by atoms with Gasteiger partial charge >= 0.3 is 0 Å². The summed E-state index contributed by atoms with van der Waals surface area (Å²) in [4.78, 5) is 4.20. The predicted molar refractivity (Wildman–Crippen MR) is 83.5 cm³/mol. The van der Waals surface area contributed by atoms with E-state index in [0.29, 0.717) is 5.88 Å². The third-order valence-electron chi connectivity index (χ3n) is 3.07. The topological polar surface area (TPSA) is 57.9 Å². The molecule has 0 bridgehead atoms. The molecule has 0 amide bonds. The van der Waals surface area contributed by atoms with Crippen molar-refractivity contribution < 1.29 is 4.74 Å². The van der Waals surface area contributed by atoms with Crippen molar-refractivity contribution in [2.24, 2.45) is 0 Å². The molecule has 0 aliphatic carbocycles. The summed E-state index contributed by atoms with van der Waals surface area (Å²) in [5.41, 5.74) is 2.13. The number of hydrogen-bond donors (Lipinski definition) is 1. The average molecular weight is 281 g/mol. The molecular weight excluding hydrogens is 262 g/mol. The van der Waals surface area contributed by atoms with Gasteiger partial charge in [-0.25, -0.2) is 4.98 Å². The van der Waals surface area contributed by atoms with Crippen LogP contribution in [0.2, 0.25) is 0 Å². The van der Waals surface area contributed by atoms with Crippen molar-refractivity contribution in [3.8, 4) is 17.7 Å². The Labute approximate surface area is 125 Å². The van der Waals surface area contributed by atoms with Gasteiger partial charge < -0.3 is 10.1 Å². The summed E-state index contributed by atoms with van der Waals surface area (Å²) in [6.07, 6.45) is 5.17. The van der Waals surface area contributed by atoms with Crippen LogP contribution in [0, 0.1) is 11.3 Å². The SMILES string of the molecule is CCCCc1ccc(Oc2ccc(NCC#N)cn2)cc1. The largest absolute Gasteiger partial charge is 0.439 e. The average Bonchev–Trinajstić information content (AvgIpc) is 2.53. The number of anilines is 1. The first-order valence-electron chi connectivity index (χ1n) is 7.15. The van der Waals surface area contributed by atoms with E-state index in [2.05, 4.69) is 29.4 Å². The van der Waals surface area contributed by atoms with Crippen molar-refractivity contribution in [2.45, 2.75) is 26.2 Å². The van der Waals surface area contributed by atoms with E-state index < -0.39 is 0 Å². The summed E-state index contributed by atoms with van der Waals surface area (Å²) >= 11 is 0. The first-order chi connectivity index (χ1) is 10.3. The molecule has 1 heterocycles. The molecule has 2 aromatic rings. The molecule has 0 fully saturated rings. The summed E-state index contributed by atoms with van der Waals surface area (Å²) in [6, 6.07) is 13.8. The van der Waals surface area contributed by atoms with Crippen LogP contribution in [-0.4, -0.2) is 11.5 Å². The van der Waals surface area contributed by atoms with Gasteiger partial charge in [-0.1, -0.05) is 25.5 Å². The number of nitrogens with one attached hydrogen (secondary N) is 1. The highest BCUT2D eigenvalue weighted by Crippen LogP contribution is 2.21. The van der Waals surface area contributed by atoms with E-state index in [1.54, 1.807) is 12.3 Å². The fourth-order valence-electron chi connectivity index (χ4n) is 1.91. The van der Waals surface area contributed by atoms with Crippen molar-refractivity contribution in [3.05, 3.63) is 48.2 Å². The van der Waals surface area contributed by atoms with Gasteiger partial charge in [-0.3, -0.25) is 0 Å². The lowest BCUT2D eigenvalue weighted by Crippen LogP contribution is -1.98. The quantitative estimate of drug-likeness (QED) is 0.774. The lowest BCUT2D eigenvalue weighted by Gasteiger charge is -2.07. The predicted octanol–water partition coefficient (Wildman–Crippen LogP) is 4.15. The van der Waals surface area contributed by atoms with Gasteiger partial charge in [0.05, 0.1) is 18.0 Å². The van der Waals surface area contributed by atoms with Gasteiger partial charge in [-0.15, -0.1) is 0 Å². The van der Waals surface area contributed by atoms with Gasteiger partial charge in [-0.05, 0) is 36.6 Å². The first-order valence-corrected chi connectivity index (χ1v) is 7.15. The first kappa shape index (κ1) is 14.9. The maximum atomic E-state index is 8.50. The Kier molecular flexibility index (Phi) is 5.60. The third kappa shape index (κ3) is 4.81. The van der Waals surface area contributed by atoms with Crippen molar-refractivity contribution in [2.75, 3.05) is 11.9 Å². The second-order valence-electron chi connectivity index (χ2n) is 4.75. The van der Waals surface area contributed by atoms with E-state index in [0.717, 1.165) is 17.9 Å². The van der Waals surface area contributed by atoms with E-state index >= 15 is 0 Å². The Balaban J connectivity index is 1.93. The zero-order valence-electron chi connectivity index (χ0n) is 12.2. The number of rotatable bonds is 7. The zero-order valence-corrected chi connectivity index (χ0v) is 12.2. The number of benzene rings is 1. The number of hydrogen-bond acceptors (Lipinski definition) is 4. The van der Waals surface area contributed by atoms with E-state index in [-0.39, 0.29) is 6.54 Å². The van der Waals surface area contributed by atoms with Crippen LogP contribution in [0.15, 0.2) is 42.6 Å². The van der Waals surface area contributed by atoms with E-state index in [1.165, 1.54) is 18.4 Å². The number of nitrogens with zero attached hydrogens (tertiary/aromatic N) is 2. The molecule has 0 radical (unpaired) electrons. The van der Waals surface area contributed by atoms with Crippen LogP contribution in [0.5, 0.6) is 11.6 Å². The second kappa shape index (κ2) is 7.91. The number of aromatic nitrogens is 1. The van der Waals surface area contributed by atoms with Crippen LogP contribution >= 0.6 is 0 Å². The van der Waals surface area contributed by atoms with Crippen LogP contribution in [0.3, 0.4) is 0 Å². The summed E-state index contributed by atoms with van der Waals surface area (Å²) < 4.78 is 5.69. The molecule has 4 heteroatoms. The van der Waals surface area contributed by atoms with Crippen LogP contribution in [0.1, 0.15) is 25.3 Å². The molecule has 0 saturated heterocycles. The highest BCUT2D eigenvalue weighted by molar-refractivity contribution is 5.43. The monoisotopic (exact) mass is 281 g/mol. The molecule has 1 aromatic carbocycles. The lowest BCUT2D eigenvalue weighted by molar-refractivity contribution is 0.463. The summed E-state index contributed by atoms with van der Waals surface area (Å²) in [5, 5.41) is 11.4. The van der Waals surface area contributed by atoms with Crippen molar-refractivity contribution in [3.63, 3.8) is 0 Å². The molecule has 0 aliphatic rings. The van der Waals surface area contributed by atoms with Gasteiger partial charge in [0.25, 0.3) is 0 Å². The second-order valence-corrected chi connectivity index (χ2v) is 4.75. The Bertz CT molecular complexity index is 585. The van der Waals surface area contributed by atoms with Crippen molar-refractivity contribution >= 4 is 5.69 Å². The number of nitriles is 1. The molecule has 0 unspecified atom stereocenters. The van der Waals surface area contributed by atoms with Gasteiger partial charge in [0, 0.05) is 6.07 Å².